The lowest BCUT2D eigenvalue weighted by Crippen LogP contribution is -2.40. The molecule has 0 saturated carbocycles. The van der Waals surface area contributed by atoms with Crippen LogP contribution in [0.3, 0.4) is 0 Å². The van der Waals surface area contributed by atoms with Crippen molar-refractivity contribution in [3.8, 4) is 22.6 Å². The number of para-hydroxylation sites is 1. The van der Waals surface area contributed by atoms with Crippen molar-refractivity contribution in [1.82, 2.24) is 0 Å². The second kappa shape index (κ2) is 8.98. The minimum atomic E-state index is -0.787. The summed E-state index contributed by atoms with van der Waals surface area (Å²) in [4.78, 5) is 10.9. The summed E-state index contributed by atoms with van der Waals surface area (Å²) in [7, 11) is 0. The number of hydrogen-bond donors (Lipinski definition) is 2. The molecule has 0 fully saturated rings. The largest absolute Gasteiger partial charge is 0.457 e. The summed E-state index contributed by atoms with van der Waals surface area (Å²) >= 11 is 0. The molecule has 3 rings (SSSR count). The van der Waals surface area contributed by atoms with Crippen molar-refractivity contribution in [3.63, 3.8) is 0 Å². The smallest absolute Gasteiger partial charge is 0.236 e. The van der Waals surface area contributed by atoms with E-state index in [1.54, 1.807) is 0 Å². The van der Waals surface area contributed by atoms with E-state index < -0.39 is 11.9 Å². The van der Waals surface area contributed by atoms with Crippen LogP contribution >= 0.6 is 0 Å². The van der Waals surface area contributed by atoms with E-state index in [0.717, 1.165) is 28.2 Å². The van der Waals surface area contributed by atoms with Crippen LogP contribution in [-0.2, 0) is 16.1 Å². The molecule has 1 unspecified atom stereocenters. The van der Waals surface area contributed by atoms with E-state index in [2.05, 4.69) is 0 Å². The average Bonchev–Trinajstić information content (AvgIpc) is 2.69. The van der Waals surface area contributed by atoms with Crippen molar-refractivity contribution in [2.75, 3.05) is 6.61 Å². The molecule has 5 heteroatoms. The monoisotopic (exact) mass is 362 g/mol. The quantitative estimate of drug-likeness (QED) is 0.642. The molecular formula is C22H22N2O3. The number of carbonyl (C=O) groups excluding carboxylic acids is 1. The first-order chi connectivity index (χ1) is 13.1. The number of nitrogens with two attached hydrogens (primary N) is 2. The molecule has 1 atom stereocenters. The summed E-state index contributed by atoms with van der Waals surface area (Å²) in [6.07, 6.45) is 0. The van der Waals surface area contributed by atoms with Gasteiger partial charge in [0.2, 0.25) is 5.91 Å². The lowest BCUT2D eigenvalue weighted by atomic mass is 10.0. The van der Waals surface area contributed by atoms with E-state index in [1.807, 2.05) is 78.9 Å². The third kappa shape index (κ3) is 5.41. The van der Waals surface area contributed by atoms with Crippen LogP contribution in [0.25, 0.3) is 11.1 Å². The van der Waals surface area contributed by atoms with Gasteiger partial charge in [-0.15, -0.1) is 0 Å². The molecule has 0 aromatic heterocycles. The Balaban J connectivity index is 1.63. The number of benzene rings is 3. The highest BCUT2D eigenvalue weighted by molar-refractivity contribution is 5.79. The van der Waals surface area contributed by atoms with Gasteiger partial charge >= 0.3 is 0 Å². The van der Waals surface area contributed by atoms with Gasteiger partial charge in [-0.1, -0.05) is 48.5 Å². The maximum atomic E-state index is 10.9. The van der Waals surface area contributed by atoms with Crippen molar-refractivity contribution in [3.05, 3.63) is 84.4 Å². The number of primary amides is 1. The number of ether oxygens (including phenoxy) is 2. The van der Waals surface area contributed by atoms with E-state index in [9.17, 15) is 4.79 Å². The van der Waals surface area contributed by atoms with Crippen molar-refractivity contribution < 1.29 is 14.3 Å². The van der Waals surface area contributed by atoms with E-state index in [-0.39, 0.29) is 6.61 Å². The molecule has 5 nitrogen and oxygen atoms in total. The molecule has 0 saturated heterocycles. The Bertz CT molecular complexity index is 880. The summed E-state index contributed by atoms with van der Waals surface area (Å²) in [6.45, 7) is 0.467. The van der Waals surface area contributed by atoms with Gasteiger partial charge < -0.3 is 20.9 Å². The standard InChI is InChI=1S/C22H22N2O3/c23-21(22(24)25)15-26-14-16-5-4-6-18(13-16)17-9-11-20(12-10-17)27-19-7-2-1-3-8-19/h1-13,21H,14-15,23H2,(H2,24,25). The van der Waals surface area contributed by atoms with E-state index in [1.165, 1.54) is 0 Å². The Morgan fingerprint density at radius 3 is 2.26 bits per heavy atom. The zero-order chi connectivity index (χ0) is 19.1. The molecule has 3 aromatic carbocycles. The normalized spacial score (nSPS) is 11.7. The van der Waals surface area contributed by atoms with Crippen LogP contribution in [0.2, 0.25) is 0 Å². The topological polar surface area (TPSA) is 87.6 Å². The Morgan fingerprint density at radius 2 is 1.56 bits per heavy atom. The number of rotatable bonds is 8. The van der Waals surface area contributed by atoms with Crippen molar-refractivity contribution in [2.45, 2.75) is 12.6 Å². The van der Waals surface area contributed by atoms with Gasteiger partial charge in [-0.2, -0.15) is 0 Å². The lowest BCUT2D eigenvalue weighted by Gasteiger charge is -2.10. The third-order valence-corrected chi connectivity index (χ3v) is 4.03. The Hall–Kier alpha value is -3.15. The number of amides is 1. The molecule has 0 aliphatic carbocycles. The molecule has 4 N–H and O–H groups in total. The van der Waals surface area contributed by atoms with E-state index >= 15 is 0 Å². The van der Waals surface area contributed by atoms with Crippen LogP contribution in [0.4, 0.5) is 0 Å². The summed E-state index contributed by atoms with van der Waals surface area (Å²) in [5.41, 5.74) is 13.8. The first kappa shape index (κ1) is 18.6. The summed E-state index contributed by atoms with van der Waals surface area (Å²) < 4.78 is 11.3. The van der Waals surface area contributed by atoms with Crippen LogP contribution in [-0.4, -0.2) is 18.6 Å². The second-order valence-electron chi connectivity index (χ2n) is 6.16. The van der Waals surface area contributed by atoms with E-state index in [0.29, 0.717) is 6.61 Å². The average molecular weight is 362 g/mol. The molecule has 0 heterocycles. The van der Waals surface area contributed by atoms with Gasteiger partial charge in [-0.3, -0.25) is 4.79 Å². The maximum absolute atomic E-state index is 10.9. The minimum absolute atomic E-state index is 0.102. The van der Waals surface area contributed by atoms with Crippen LogP contribution in [0.1, 0.15) is 5.56 Å². The van der Waals surface area contributed by atoms with Gasteiger partial charge in [0, 0.05) is 0 Å². The lowest BCUT2D eigenvalue weighted by molar-refractivity contribution is -0.120. The zero-order valence-corrected chi connectivity index (χ0v) is 14.9. The summed E-state index contributed by atoms with van der Waals surface area (Å²) in [5.74, 6) is 1.02. The van der Waals surface area contributed by atoms with Gasteiger partial charge in [0.15, 0.2) is 0 Å². The maximum Gasteiger partial charge on any atom is 0.236 e. The molecule has 0 bridgehead atoms. The molecule has 138 valence electrons. The number of carbonyl (C=O) groups is 1. The van der Waals surface area contributed by atoms with Crippen molar-refractivity contribution in [2.24, 2.45) is 11.5 Å². The fourth-order valence-electron chi connectivity index (χ4n) is 2.57. The Morgan fingerprint density at radius 1 is 0.852 bits per heavy atom. The first-order valence-corrected chi connectivity index (χ1v) is 8.67. The molecule has 0 aliphatic heterocycles. The highest BCUT2D eigenvalue weighted by Crippen LogP contribution is 2.26. The van der Waals surface area contributed by atoms with Crippen molar-refractivity contribution >= 4 is 5.91 Å². The molecular weight excluding hydrogens is 340 g/mol. The predicted molar refractivity (Wildman–Crippen MR) is 105 cm³/mol. The SMILES string of the molecule is NC(=O)C(N)COCc1cccc(-c2ccc(Oc3ccccc3)cc2)c1. The summed E-state index contributed by atoms with van der Waals surface area (Å²) in [6, 6.07) is 24.8. The zero-order valence-electron chi connectivity index (χ0n) is 14.9. The third-order valence-electron chi connectivity index (χ3n) is 4.03. The van der Waals surface area contributed by atoms with Crippen LogP contribution in [0.15, 0.2) is 78.9 Å². The fraction of sp³-hybridized carbons (Fsp3) is 0.136. The van der Waals surface area contributed by atoms with Gasteiger partial charge in [0.25, 0.3) is 0 Å². The molecule has 27 heavy (non-hydrogen) atoms. The fourth-order valence-corrected chi connectivity index (χ4v) is 2.57. The number of hydrogen-bond acceptors (Lipinski definition) is 4. The van der Waals surface area contributed by atoms with Gasteiger partial charge in [0.05, 0.1) is 13.2 Å². The van der Waals surface area contributed by atoms with Crippen LogP contribution in [0.5, 0.6) is 11.5 Å². The molecule has 1 amide bonds. The Kier molecular flexibility index (Phi) is 6.20. The minimum Gasteiger partial charge on any atom is -0.457 e. The predicted octanol–water partition coefficient (Wildman–Crippen LogP) is 3.48. The Labute approximate surface area is 158 Å². The van der Waals surface area contributed by atoms with Crippen molar-refractivity contribution in [1.29, 1.82) is 0 Å². The van der Waals surface area contributed by atoms with Crippen LogP contribution in [0, 0.1) is 0 Å². The molecule has 3 aromatic rings. The van der Waals surface area contributed by atoms with Crippen LogP contribution < -0.4 is 16.2 Å². The highest BCUT2D eigenvalue weighted by atomic mass is 16.5. The van der Waals surface area contributed by atoms with Gasteiger partial charge in [0.1, 0.15) is 17.5 Å². The highest BCUT2D eigenvalue weighted by Gasteiger charge is 2.09. The molecule has 0 spiro atoms. The first-order valence-electron chi connectivity index (χ1n) is 8.67. The molecule has 0 aliphatic rings. The van der Waals surface area contributed by atoms with Gasteiger partial charge in [-0.05, 0) is 47.0 Å². The van der Waals surface area contributed by atoms with E-state index in [4.69, 9.17) is 20.9 Å². The van der Waals surface area contributed by atoms with Gasteiger partial charge in [-0.25, -0.2) is 0 Å². The second-order valence-corrected chi connectivity index (χ2v) is 6.16. The summed E-state index contributed by atoms with van der Waals surface area (Å²) in [5, 5.41) is 0. The molecule has 0 radical (unpaired) electrons.